The highest BCUT2D eigenvalue weighted by Crippen LogP contribution is 2.15. The number of amides is 1. The van der Waals surface area contributed by atoms with Gasteiger partial charge in [0.25, 0.3) is 11.5 Å². The van der Waals surface area contributed by atoms with Crippen molar-refractivity contribution in [3.8, 4) is 5.75 Å². The Bertz CT molecular complexity index is 745. The Morgan fingerprint density at radius 3 is 2.57 bits per heavy atom. The molecule has 0 radical (unpaired) electrons. The maximum absolute atomic E-state index is 12.4. The predicted molar refractivity (Wildman–Crippen MR) is 91.2 cm³/mol. The summed E-state index contributed by atoms with van der Waals surface area (Å²) >= 11 is 0. The van der Waals surface area contributed by atoms with Crippen LogP contribution in [0.3, 0.4) is 0 Å². The molecule has 23 heavy (non-hydrogen) atoms. The molecule has 0 aliphatic carbocycles. The number of nitrogens with one attached hydrogen (secondary N) is 1. The lowest BCUT2D eigenvalue weighted by atomic mass is 10.1. The highest BCUT2D eigenvalue weighted by Gasteiger charge is 2.12. The molecule has 0 saturated heterocycles. The van der Waals surface area contributed by atoms with Gasteiger partial charge in [0.1, 0.15) is 11.4 Å². The van der Waals surface area contributed by atoms with Crippen LogP contribution in [-0.2, 0) is 4.79 Å². The molecule has 1 heterocycles. The highest BCUT2D eigenvalue weighted by molar-refractivity contribution is 6.18. The molecule has 0 spiro atoms. The van der Waals surface area contributed by atoms with Gasteiger partial charge in [0, 0.05) is 18.8 Å². The number of pyridine rings is 1. The van der Waals surface area contributed by atoms with Gasteiger partial charge in [0.05, 0.1) is 7.11 Å². The molecule has 0 unspecified atom stereocenters. The Balaban J connectivity index is 2.43. The van der Waals surface area contributed by atoms with Gasteiger partial charge in [0.2, 0.25) is 0 Å². The normalized spacial score (nSPS) is 11.1. The van der Waals surface area contributed by atoms with Crippen molar-refractivity contribution in [2.75, 3.05) is 13.7 Å². The number of benzene rings is 1. The minimum Gasteiger partial charge on any atom is -0.497 e. The second-order valence-electron chi connectivity index (χ2n) is 4.97. The lowest BCUT2D eigenvalue weighted by Gasteiger charge is -2.11. The van der Waals surface area contributed by atoms with Crippen LogP contribution in [-0.4, -0.2) is 24.1 Å². The minimum atomic E-state index is -0.282. The number of ether oxygens (including phenoxy) is 1. The fraction of sp³-hybridized carbons (Fsp3) is 0.222. The third-order valence-electron chi connectivity index (χ3n) is 3.27. The fourth-order valence-electron chi connectivity index (χ4n) is 2.06. The average molecular weight is 312 g/mol. The van der Waals surface area contributed by atoms with Gasteiger partial charge in [0.15, 0.2) is 0 Å². The van der Waals surface area contributed by atoms with Crippen molar-refractivity contribution < 1.29 is 9.53 Å². The summed E-state index contributed by atoms with van der Waals surface area (Å²) in [4.78, 5) is 24.5. The van der Waals surface area contributed by atoms with E-state index in [1.165, 1.54) is 10.6 Å². The Morgan fingerprint density at radius 2 is 1.96 bits per heavy atom. The Labute approximate surface area is 135 Å². The van der Waals surface area contributed by atoms with Crippen molar-refractivity contribution in [1.29, 1.82) is 0 Å². The van der Waals surface area contributed by atoms with Gasteiger partial charge < -0.3 is 10.1 Å². The van der Waals surface area contributed by atoms with Crippen molar-refractivity contribution >= 4 is 17.7 Å². The van der Waals surface area contributed by atoms with Crippen LogP contribution in [0.4, 0.5) is 0 Å². The van der Waals surface area contributed by atoms with Gasteiger partial charge in [-0.25, -0.2) is 0 Å². The van der Waals surface area contributed by atoms with Crippen LogP contribution in [0.25, 0.3) is 11.8 Å². The molecular formula is C18H20N2O3. The van der Waals surface area contributed by atoms with E-state index >= 15 is 0 Å². The van der Waals surface area contributed by atoms with E-state index in [9.17, 15) is 9.59 Å². The predicted octanol–water partition coefficient (Wildman–Crippen LogP) is 2.38. The molecule has 120 valence electrons. The van der Waals surface area contributed by atoms with E-state index in [2.05, 4.69) is 5.32 Å². The number of hydrogen-bond acceptors (Lipinski definition) is 3. The number of methoxy groups -OCH3 is 1. The average Bonchev–Trinajstić information content (AvgIpc) is 2.59. The van der Waals surface area contributed by atoms with E-state index in [1.807, 2.05) is 19.1 Å². The van der Waals surface area contributed by atoms with Gasteiger partial charge in [-0.15, -0.1) is 0 Å². The van der Waals surface area contributed by atoms with E-state index in [0.717, 1.165) is 17.7 Å². The lowest BCUT2D eigenvalue weighted by molar-refractivity contribution is -0.115. The summed E-state index contributed by atoms with van der Waals surface area (Å²) < 4.78 is 6.47. The summed E-state index contributed by atoms with van der Waals surface area (Å²) in [7, 11) is 1.60. The van der Waals surface area contributed by atoms with Crippen LogP contribution >= 0.6 is 0 Å². The molecule has 2 rings (SSSR count). The second-order valence-corrected chi connectivity index (χ2v) is 4.97. The molecule has 1 amide bonds. The topological polar surface area (TPSA) is 60.3 Å². The number of nitrogens with zero attached hydrogens (tertiary/aromatic N) is 1. The molecule has 2 aromatic rings. The van der Waals surface area contributed by atoms with Crippen molar-refractivity contribution in [1.82, 2.24) is 9.88 Å². The van der Waals surface area contributed by atoms with Crippen LogP contribution < -0.4 is 15.6 Å². The maximum atomic E-state index is 12.4. The molecular weight excluding hydrogens is 292 g/mol. The molecule has 0 saturated carbocycles. The summed E-state index contributed by atoms with van der Waals surface area (Å²) in [6, 6.07) is 12.1. The van der Waals surface area contributed by atoms with Gasteiger partial charge >= 0.3 is 0 Å². The minimum absolute atomic E-state index is 0.251. The summed E-state index contributed by atoms with van der Waals surface area (Å²) in [6.45, 7) is 2.53. The zero-order chi connectivity index (χ0) is 16.7. The van der Waals surface area contributed by atoms with E-state index in [-0.39, 0.29) is 17.2 Å². The zero-order valence-electron chi connectivity index (χ0n) is 13.3. The molecule has 1 N–H and O–H groups in total. The zero-order valence-corrected chi connectivity index (χ0v) is 13.3. The van der Waals surface area contributed by atoms with Crippen LogP contribution in [0.1, 0.15) is 18.9 Å². The van der Waals surface area contributed by atoms with E-state index in [4.69, 9.17) is 4.74 Å². The van der Waals surface area contributed by atoms with E-state index in [1.54, 1.807) is 43.6 Å². The van der Waals surface area contributed by atoms with Crippen molar-refractivity contribution in [3.05, 3.63) is 64.6 Å². The van der Waals surface area contributed by atoms with Crippen molar-refractivity contribution in [2.45, 2.75) is 13.3 Å². The number of aromatic nitrogens is 1. The lowest BCUT2D eigenvalue weighted by Crippen LogP contribution is -2.31. The van der Waals surface area contributed by atoms with Crippen LogP contribution in [0, 0.1) is 0 Å². The summed E-state index contributed by atoms with van der Waals surface area (Å²) in [5.74, 6) is 0.451. The number of hydrogen-bond donors (Lipinski definition) is 1. The SMILES string of the molecule is CCCNC(=O)/C(=C\c1ccc(OC)cc1)n1ccccc1=O. The molecule has 0 bridgehead atoms. The van der Waals surface area contributed by atoms with Gasteiger partial charge in [-0.1, -0.05) is 25.1 Å². The monoisotopic (exact) mass is 312 g/mol. The standard InChI is InChI=1S/C18H20N2O3/c1-3-11-19-18(22)16(20-12-5-4-6-17(20)21)13-14-7-9-15(23-2)10-8-14/h4-10,12-13H,3,11H2,1-2H3,(H,19,22)/b16-13+. The number of rotatable bonds is 6. The molecule has 1 aromatic carbocycles. The third-order valence-corrected chi connectivity index (χ3v) is 3.27. The van der Waals surface area contributed by atoms with E-state index in [0.29, 0.717) is 6.54 Å². The summed E-state index contributed by atoms with van der Waals surface area (Å²) in [5, 5.41) is 2.81. The first-order valence-electron chi connectivity index (χ1n) is 7.47. The number of carbonyl (C=O) groups is 1. The Morgan fingerprint density at radius 1 is 1.22 bits per heavy atom. The molecule has 0 fully saturated rings. The first kappa shape index (κ1) is 16.5. The first-order valence-corrected chi connectivity index (χ1v) is 7.47. The largest absolute Gasteiger partial charge is 0.497 e. The molecule has 1 aromatic heterocycles. The Hall–Kier alpha value is -2.82. The quantitative estimate of drug-likeness (QED) is 0.833. The fourth-order valence-corrected chi connectivity index (χ4v) is 2.06. The van der Waals surface area contributed by atoms with Crippen LogP contribution in [0.5, 0.6) is 5.75 Å². The van der Waals surface area contributed by atoms with Crippen molar-refractivity contribution in [2.24, 2.45) is 0 Å². The van der Waals surface area contributed by atoms with Gasteiger partial charge in [-0.3, -0.25) is 14.2 Å². The van der Waals surface area contributed by atoms with Crippen LogP contribution in [0.15, 0.2) is 53.5 Å². The summed E-state index contributed by atoms with van der Waals surface area (Å²) in [6.07, 6.45) is 4.10. The summed E-state index contributed by atoms with van der Waals surface area (Å²) in [5.41, 5.74) is 0.844. The maximum Gasteiger partial charge on any atom is 0.268 e. The van der Waals surface area contributed by atoms with Crippen LogP contribution in [0.2, 0.25) is 0 Å². The first-order chi connectivity index (χ1) is 11.2. The molecule has 0 aliphatic rings. The molecule has 5 nitrogen and oxygen atoms in total. The van der Waals surface area contributed by atoms with Gasteiger partial charge in [-0.05, 0) is 36.3 Å². The molecule has 5 heteroatoms. The highest BCUT2D eigenvalue weighted by atomic mass is 16.5. The second kappa shape index (κ2) is 7.98. The van der Waals surface area contributed by atoms with Crippen molar-refractivity contribution in [3.63, 3.8) is 0 Å². The Kier molecular flexibility index (Phi) is 5.74. The smallest absolute Gasteiger partial charge is 0.268 e. The molecule has 0 aliphatic heterocycles. The molecule has 0 atom stereocenters. The van der Waals surface area contributed by atoms with E-state index < -0.39 is 0 Å². The van der Waals surface area contributed by atoms with Gasteiger partial charge in [-0.2, -0.15) is 0 Å². The third kappa shape index (κ3) is 4.32. The number of carbonyl (C=O) groups excluding carboxylic acids is 1.